The highest BCUT2D eigenvalue weighted by Crippen LogP contribution is 2.20. The van der Waals surface area contributed by atoms with E-state index in [0.717, 1.165) is 5.56 Å². The Morgan fingerprint density at radius 3 is 2.47 bits per heavy atom. The van der Waals surface area contributed by atoms with Gasteiger partial charge < -0.3 is 21.1 Å². The van der Waals surface area contributed by atoms with Gasteiger partial charge in [0.25, 0.3) is 11.5 Å². The average Bonchev–Trinajstić information content (AvgIpc) is 3.15. The van der Waals surface area contributed by atoms with E-state index in [4.69, 9.17) is 5.73 Å². The topological polar surface area (TPSA) is 143 Å². The van der Waals surface area contributed by atoms with E-state index in [2.05, 4.69) is 15.3 Å². The Balaban J connectivity index is 1.82. The SMILES string of the molecule is CC(C)C[C@H](NC(=O)c1ccc(C(C)n2c(N)nc3[nH]ccc3c2=O)cc1)C(=O)O. The van der Waals surface area contributed by atoms with E-state index >= 15 is 0 Å². The lowest BCUT2D eigenvalue weighted by Gasteiger charge is -2.19. The molecule has 0 spiro atoms. The third-order valence-corrected chi connectivity index (χ3v) is 5.00. The van der Waals surface area contributed by atoms with Crippen LogP contribution in [-0.4, -0.2) is 37.6 Å². The van der Waals surface area contributed by atoms with Gasteiger partial charge in [-0.1, -0.05) is 26.0 Å². The van der Waals surface area contributed by atoms with Crippen LogP contribution < -0.4 is 16.6 Å². The normalized spacial score (nSPS) is 13.3. The Morgan fingerprint density at radius 2 is 1.87 bits per heavy atom. The number of amides is 1. The first-order chi connectivity index (χ1) is 14.2. The third kappa shape index (κ3) is 4.19. The number of hydrogen-bond donors (Lipinski definition) is 4. The summed E-state index contributed by atoms with van der Waals surface area (Å²) in [7, 11) is 0. The number of H-pyrrole nitrogens is 1. The molecular weight excluding hydrogens is 386 g/mol. The minimum Gasteiger partial charge on any atom is -0.480 e. The zero-order valence-corrected chi connectivity index (χ0v) is 17.0. The van der Waals surface area contributed by atoms with Crippen molar-refractivity contribution >= 4 is 28.9 Å². The van der Waals surface area contributed by atoms with Crippen LogP contribution in [0.1, 0.15) is 49.2 Å². The van der Waals surface area contributed by atoms with Crippen molar-refractivity contribution < 1.29 is 14.7 Å². The van der Waals surface area contributed by atoms with Gasteiger partial charge in [0.1, 0.15) is 11.7 Å². The molecule has 158 valence electrons. The zero-order chi connectivity index (χ0) is 22.0. The number of nitrogens with one attached hydrogen (secondary N) is 2. The van der Waals surface area contributed by atoms with Gasteiger partial charge in [-0.05, 0) is 43.0 Å². The summed E-state index contributed by atoms with van der Waals surface area (Å²) in [5.41, 5.74) is 7.26. The van der Waals surface area contributed by atoms with Crippen molar-refractivity contribution in [3.63, 3.8) is 0 Å². The lowest BCUT2D eigenvalue weighted by molar-refractivity contribution is -0.139. The Morgan fingerprint density at radius 1 is 1.20 bits per heavy atom. The molecule has 3 aromatic rings. The van der Waals surface area contributed by atoms with Crippen molar-refractivity contribution in [1.29, 1.82) is 0 Å². The van der Waals surface area contributed by atoms with E-state index in [-0.39, 0.29) is 17.4 Å². The Bertz CT molecular complexity index is 1130. The fourth-order valence-electron chi connectivity index (χ4n) is 3.40. The van der Waals surface area contributed by atoms with E-state index in [9.17, 15) is 19.5 Å². The van der Waals surface area contributed by atoms with Crippen molar-refractivity contribution in [2.45, 2.75) is 39.3 Å². The molecule has 2 atom stereocenters. The number of benzene rings is 1. The molecule has 2 heterocycles. The molecule has 9 nitrogen and oxygen atoms in total. The van der Waals surface area contributed by atoms with Gasteiger partial charge in [-0.3, -0.25) is 14.2 Å². The van der Waals surface area contributed by atoms with Crippen molar-refractivity contribution in [3.8, 4) is 0 Å². The Kier molecular flexibility index (Phi) is 5.91. The van der Waals surface area contributed by atoms with Crippen LogP contribution in [0, 0.1) is 5.92 Å². The van der Waals surface area contributed by atoms with Crippen LogP contribution in [0.2, 0.25) is 0 Å². The number of nitrogen functional groups attached to an aromatic ring is 1. The zero-order valence-electron chi connectivity index (χ0n) is 17.0. The molecule has 9 heteroatoms. The monoisotopic (exact) mass is 411 g/mol. The molecule has 0 aliphatic carbocycles. The lowest BCUT2D eigenvalue weighted by Crippen LogP contribution is -2.41. The fraction of sp³-hybridized carbons (Fsp3) is 0.333. The summed E-state index contributed by atoms with van der Waals surface area (Å²) in [4.78, 5) is 43.7. The fourth-order valence-corrected chi connectivity index (χ4v) is 3.40. The van der Waals surface area contributed by atoms with Gasteiger partial charge in [0, 0.05) is 11.8 Å². The van der Waals surface area contributed by atoms with Crippen LogP contribution in [0.25, 0.3) is 11.0 Å². The molecule has 0 radical (unpaired) electrons. The van der Waals surface area contributed by atoms with Crippen molar-refractivity contribution in [1.82, 2.24) is 19.9 Å². The van der Waals surface area contributed by atoms with E-state index in [1.54, 1.807) is 36.5 Å². The third-order valence-electron chi connectivity index (χ3n) is 5.00. The largest absolute Gasteiger partial charge is 0.480 e. The van der Waals surface area contributed by atoms with Gasteiger partial charge in [0.2, 0.25) is 5.95 Å². The van der Waals surface area contributed by atoms with E-state index in [0.29, 0.717) is 23.0 Å². The second-order valence-electron chi connectivity index (χ2n) is 7.68. The average molecular weight is 411 g/mol. The summed E-state index contributed by atoms with van der Waals surface area (Å²) in [6, 6.07) is 6.91. The molecular formula is C21H25N5O4. The summed E-state index contributed by atoms with van der Waals surface area (Å²) in [5, 5.41) is 12.3. The van der Waals surface area contributed by atoms with Gasteiger partial charge in [-0.25, -0.2) is 4.79 Å². The molecule has 1 aromatic carbocycles. The maximum absolute atomic E-state index is 12.8. The molecule has 3 rings (SSSR count). The summed E-state index contributed by atoms with van der Waals surface area (Å²) in [6.45, 7) is 5.60. The minimum atomic E-state index is -1.07. The van der Waals surface area contributed by atoms with Crippen LogP contribution in [0.4, 0.5) is 5.95 Å². The number of aromatic nitrogens is 3. The number of nitrogens with zero attached hydrogens (tertiary/aromatic N) is 2. The predicted molar refractivity (Wildman–Crippen MR) is 113 cm³/mol. The first-order valence-electron chi connectivity index (χ1n) is 9.67. The Labute approximate surface area is 172 Å². The van der Waals surface area contributed by atoms with Gasteiger partial charge in [0.05, 0.1) is 11.4 Å². The molecule has 0 saturated heterocycles. The van der Waals surface area contributed by atoms with Crippen LogP contribution in [0.3, 0.4) is 0 Å². The van der Waals surface area contributed by atoms with Gasteiger partial charge in [-0.15, -0.1) is 0 Å². The molecule has 0 fully saturated rings. The number of carbonyl (C=O) groups is 2. The van der Waals surface area contributed by atoms with Crippen LogP contribution in [0.5, 0.6) is 0 Å². The number of carboxylic acid groups (broad SMARTS) is 1. The molecule has 1 unspecified atom stereocenters. The van der Waals surface area contributed by atoms with Crippen LogP contribution >= 0.6 is 0 Å². The number of rotatable bonds is 7. The first kappa shape index (κ1) is 21.1. The first-order valence-corrected chi connectivity index (χ1v) is 9.67. The lowest BCUT2D eigenvalue weighted by atomic mass is 10.0. The number of anilines is 1. The minimum absolute atomic E-state index is 0.0854. The quantitative estimate of drug-likeness (QED) is 0.469. The van der Waals surface area contributed by atoms with Gasteiger partial charge in [0.15, 0.2) is 0 Å². The second-order valence-corrected chi connectivity index (χ2v) is 7.68. The molecule has 1 amide bonds. The summed E-state index contributed by atoms with van der Waals surface area (Å²) >= 11 is 0. The number of aromatic amines is 1. The Hall–Kier alpha value is -3.62. The second kappa shape index (κ2) is 8.40. The standard InChI is InChI=1S/C21H25N5O4/c1-11(2)10-16(20(29)30)24-18(27)14-6-4-13(5-7-14)12(3)26-19(28)15-8-9-23-17(15)25-21(26)22/h4-9,11-12,16,23H,10H2,1-3H3,(H2,22,25)(H,24,27)(H,29,30)/t12?,16-/m0/s1. The number of nitrogens with two attached hydrogens (primary N) is 1. The molecule has 0 bridgehead atoms. The smallest absolute Gasteiger partial charge is 0.326 e. The maximum atomic E-state index is 12.8. The van der Waals surface area contributed by atoms with Crippen molar-refractivity contribution in [3.05, 3.63) is 58.0 Å². The van der Waals surface area contributed by atoms with Crippen LogP contribution in [0.15, 0.2) is 41.3 Å². The molecule has 5 N–H and O–H groups in total. The highest BCUT2D eigenvalue weighted by molar-refractivity contribution is 5.96. The molecule has 0 saturated carbocycles. The summed E-state index contributed by atoms with van der Waals surface area (Å²) < 4.78 is 1.40. The number of aliphatic carboxylic acids is 1. The van der Waals surface area contributed by atoms with Crippen molar-refractivity contribution in [2.24, 2.45) is 5.92 Å². The highest BCUT2D eigenvalue weighted by atomic mass is 16.4. The van der Waals surface area contributed by atoms with Gasteiger partial charge >= 0.3 is 5.97 Å². The predicted octanol–water partition coefficient (Wildman–Crippen LogP) is 2.15. The maximum Gasteiger partial charge on any atom is 0.326 e. The molecule has 2 aromatic heterocycles. The van der Waals surface area contributed by atoms with E-state index in [1.165, 1.54) is 4.57 Å². The summed E-state index contributed by atoms with van der Waals surface area (Å²) in [5.74, 6) is -1.31. The number of hydrogen-bond acceptors (Lipinski definition) is 5. The molecule has 0 aliphatic rings. The number of fused-ring (bicyclic) bond motifs is 1. The molecule has 0 aliphatic heterocycles. The number of carboxylic acids is 1. The molecule has 30 heavy (non-hydrogen) atoms. The van der Waals surface area contributed by atoms with Gasteiger partial charge in [-0.2, -0.15) is 4.98 Å². The van der Waals surface area contributed by atoms with Crippen LogP contribution in [-0.2, 0) is 4.79 Å². The highest BCUT2D eigenvalue weighted by Gasteiger charge is 2.22. The van der Waals surface area contributed by atoms with E-state index in [1.807, 2.05) is 20.8 Å². The van der Waals surface area contributed by atoms with Crippen molar-refractivity contribution in [2.75, 3.05) is 5.73 Å². The summed E-state index contributed by atoms with van der Waals surface area (Å²) in [6.07, 6.45) is 1.97. The van der Waals surface area contributed by atoms with E-state index < -0.39 is 24.0 Å². The number of carbonyl (C=O) groups excluding carboxylic acids is 1.